The SMILES string of the molecule is CS(=O)(=O)N1CCN(c2ccc(Nc3ncc(C(N)=O)cn3)cc2)CC1. The molecule has 1 aliphatic rings. The zero-order valence-electron chi connectivity index (χ0n) is 14.3. The first-order chi connectivity index (χ1) is 12.3. The van der Waals surface area contributed by atoms with Crippen LogP contribution in [0.3, 0.4) is 0 Å². The molecular formula is C16H20N6O3S. The molecule has 1 aliphatic heterocycles. The van der Waals surface area contributed by atoms with E-state index in [1.165, 1.54) is 23.0 Å². The van der Waals surface area contributed by atoms with Crippen LogP contribution in [0.15, 0.2) is 36.7 Å². The van der Waals surface area contributed by atoms with Gasteiger partial charge in [-0.15, -0.1) is 0 Å². The first-order valence-corrected chi connectivity index (χ1v) is 9.87. The Kier molecular flexibility index (Phi) is 5.05. The average Bonchev–Trinajstić information content (AvgIpc) is 2.62. The maximum absolute atomic E-state index is 11.6. The van der Waals surface area contributed by atoms with E-state index in [-0.39, 0.29) is 5.56 Å². The quantitative estimate of drug-likeness (QED) is 0.774. The number of sulfonamides is 1. The van der Waals surface area contributed by atoms with Crippen molar-refractivity contribution in [1.82, 2.24) is 14.3 Å². The van der Waals surface area contributed by atoms with Crippen LogP contribution in [0.25, 0.3) is 0 Å². The minimum atomic E-state index is -3.13. The van der Waals surface area contributed by atoms with Crippen molar-refractivity contribution in [2.45, 2.75) is 0 Å². The fourth-order valence-electron chi connectivity index (χ4n) is 2.68. The highest BCUT2D eigenvalue weighted by molar-refractivity contribution is 7.88. The van der Waals surface area contributed by atoms with E-state index in [0.717, 1.165) is 11.4 Å². The van der Waals surface area contributed by atoms with Crippen molar-refractivity contribution in [3.8, 4) is 0 Å². The number of nitrogens with zero attached hydrogens (tertiary/aromatic N) is 4. The molecule has 1 amide bonds. The Morgan fingerprint density at radius 3 is 2.15 bits per heavy atom. The summed E-state index contributed by atoms with van der Waals surface area (Å²) in [7, 11) is -3.13. The number of piperazine rings is 1. The van der Waals surface area contributed by atoms with Gasteiger partial charge in [-0.1, -0.05) is 0 Å². The van der Waals surface area contributed by atoms with Gasteiger partial charge in [0.15, 0.2) is 0 Å². The third kappa shape index (κ3) is 4.27. The summed E-state index contributed by atoms with van der Waals surface area (Å²) in [6, 6.07) is 7.69. The Bertz CT molecular complexity index is 875. The van der Waals surface area contributed by atoms with Crippen molar-refractivity contribution in [3.63, 3.8) is 0 Å². The molecule has 10 heteroatoms. The van der Waals surface area contributed by atoms with E-state index in [2.05, 4.69) is 20.2 Å². The summed E-state index contributed by atoms with van der Waals surface area (Å²) in [6.07, 6.45) is 3.97. The summed E-state index contributed by atoms with van der Waals surface area (Å²) >= 11 is 0. The zero-order valence-corrected chi connectivity index (χ0v) is 15.1. The van der Waals surface area contributed by atoms with E-state index in [9.17, 15) is 13.2 Å². The van der Waals surface area contributed by atoms with Gasteiger partial charge in [0.1, 0.15) is 0 Å². The second-order valence-electron chi connectivity index (χ2n) is 5.98. The fraction of sp³-hybridized carbons (Fsp3) is 0.312. The second-order valence-corrected chi connectivity index (χ2v) is 7.96. The van der Waals surface area contributed by atoms with Crippen LogP contribution in [-0.2, 0) is 10.0 Å². The molecule has 0 spiro atoms. The topological polar surface area (TPSA) is 122 Å². The molecule has 3 rings (SSSR count). The molecule has 2 aromatic rings. The Morgan fingerprint density at radius 1 is 1.08 bits per heavy atom. The van der Waals surface area contributed by atoms with Crippen LogP contribution < -0.4 is 16.0 Å². The second kappa shape index (κ2) is 7.26. The maximum atomic E-state index is 11.6. The highest BCUT2D eigenvalue weighted by Crippen LogP contribution is 2.21. The van der Waals surface area contributed by atoms with Crippen LogP contribution in [-0.4, -0.2) is 61.0 Å². The monoisotopic (exact) mass is 376 g/mol. The maximum Gasteiger partial charge on any atom is 0.251 e. The summed E-state index contributed by atoms with van der Waals surface area (Å²) in [5, 5.41) is 3.05. The molecule has 0 unspecified atom stereocenters. The molecular weight excluding hydrogens is 356 g/mol. The Balaban J connectivity index is 1.61. The standard InChI is InChI=1S/C16H20N6O3S/c1-26(24,25)22-8-6-21(7-9-22)14-4-2-13(3-5-14)20-16-18-10-12(11-19-16)15(17)23/h2-5,10-11H,6-9H2,1H3,(H2,17,23)(H,18,19,20). The van der Waals surface area contributed by atoms with Gasteiger partial charge in [-0.25, -0.2) is 18.4 Å². The normalized spacial score (nSPS) is 15.7. The average molecular weight is 376 g/mol. The molecule has 1 fully saturated rings. The number of benzene rings is 1. The number of anilines is 3. The van der Waals surface area contributed by atoms with E-state index in [1.54, 1.807) is 0 Å². The van der Waals surface area contributed by atoms with Crippen molar-refractivity contribution in [2.75, 3.05) is 42.7 Å². The van der Waals surface area contributed by atoms with Crippen LogP contribution in [0.1, 0.15) is 10.4 Å². The van der Waals surface area contributed by atoms with Crippen molar-refractivity contribution in [3.05, 3.63) is 42.2 Å². The predicted molar refractivity (Wildman–Crippen MR) is 98.9 cm³/mol. The van der Waals surface area contributed by atoms with Crippen LogP contribution in [0, 0.1) is 0 Å². The Hall–Kier alpha value is -2.72. The molecule has 2 heterocycles. The molecule has 0 saturated carbocycles. The number of rotatable bonds is 5. The first-order valence-electron chi connectivity index (χ1n) is 8.02. The van der Waals surface area contributed by atoms with Gasteiger partial charge in [-0.2, -0.15) is 4.31 Å². The summed E-state index contributed by atoms with van der Waals surface area (Å²) in [6.45, 7) is 2.27. The minimum absolute atomic E-state index is 0.249. The summed E-state index contributed by atoms with van der Waals surface area (Å²) in [5.41, 5.74) is 7.23. The molecule has 1 saturated heterocycles. The minimum Gasteiger partial charge on any atom is -0.369 e. The number of nitrogens with two attached hydrogens (primary N) is 1. The lowest BCUT2D eigenvalue weighted by atomic mass is 10.2. The lowest BCUT2D eigenvalue weighted by molar-refractivity contribution is 0.0999. The van der Waals surface area contributed by atoms with Gasteiger partial charge in [0.2, 0.25) is 16.0 Å². The molecule has 0 radical (unpaired) electrons. The highest BCUT2D eigenvalue weighted by atomic mass is 32.2. The van der Waals surface area contributed by atoms with E-state index < -0.39 is 15.9 Å². The molecule has 0 aliphatic carbocycles. The number of aromatic nitrogens is 2. The fourth-order valence-corrected chi connectivity index (χ4v) is 3.51. The zero-order chi connectivity index (χ0) is 18.7. The number of amides is 1. The van der Waals surface area contributed by atoms with Crippen LogP contribution >= 0.6 is 0 Å². The molecule has 3 N–H and O–H groups in total. The van der Waals surface area contributed by atoms with Crippen LogP contribution in [0.5, 0.6) is 0 Å². The molecule has 0 atom stereocenters. The van der Waals surface area contributed by atoms with Crippen LogP contribution in [0.2, 0.25) is 0 Å². The number of primary amides is 1. The smallest absolute Gasteiger partial charge is 0.251 e. The van der Waals surface area contributed by atoms with Gasteiger partial charge in [0.05, 0.1) is 11.8 Å². The Morgan fingerprint density at radius 2 is 1.65 bits per heavy atom. The molecule has 26 heavy (non-hydrogen) atoms. The molecule has 0 bridgehead atoms. The number of carbonyl (C=O) groups excluding carboxylic acids is 1. The van der Waals surface area contributed by atoms with Gasteiger partial charge in [-0.05, 0) is 24.3 Å². The van der Waals surface area contributed by atoms with Crippen molar-refractivity contribution in [1.29, 1.82) is 0 Å². The lowest BCUT2D eigenvalue weighted by Crippen LogP contribution is -2.48. The van der Waals surface area contributed by atoms with Crippen molar-refractivity contribution in [2.24, 2.45) is 5.73 Å². The highest BCUT2D eigenvalue weighted by Gasteiger charge is 2.23. The summed E-state index contributed by atoms with van der Waals surface area (Å²) in [4.78, 5) is 21.2. The third-order valence-corrected chi connectivity index (χ3v) is 5.44. The molecule has 1 aromatic carbocycles. The molecule has 9 nitrogen and oxygen atoms in total. The van der Waals surface area contributed by atoms with E-state index >= 15 is 0 Å². The number of hydrogen-bond acceptors (Lipinski definition) is 7. The van der Waals surface area contributed by atoms with E-state index in [0.29, 0.717) is 32.1 Å². The number of hydrogen-bond donors (Lipinski definition) is 2. The predicted octanol–water partition coefficient (Wildman–Crippen LogP) is 0.401. The first kappa shape index (κ1) is 18.1. The lowest BCUT2D eigenvalue weighted by Gasteiger charge is -2.34. The number of nitrogens with one attached hydrogen (secondary N) is 1. The van der Waals surface area contributed by atoms with Gasteiger partial charge in [-0.3, -0.25) is 4.79 Å². The van der Waals surface area contributed by atoms with E-state index in [1.807, 2.05) is 24.3 Å². The van der Waals surface area contributed by atoms with Crippen LogP contribution in [0.4, 0.5) is 17.3 Å². The molecule has 138 valence electrons. The van der Waals surface area contributed by atoms with Gasteiger partial charge in [0, 0.05) is 49.9 Å². The number of carbonyl (C=O) groups is 1. The van der Waals surface area contributed by atoms with E-state index in [4.69, 9.17) is 5.73 Å². The van der Waals surface area contributed by atoms with Crippen molar-refractivity contribution >= 4 is 33.3 Å². The van der Waals surface area contributed by atoms with Gasteiger partial charge >= 0.3 is 0 Å². The van der Waals surface area contributed by atoms with Gasteiger partial charge in [0.25, 0.3) is 5.91 Å². The Labute approximate surface area is 151 Å². The molecule has 1 aromatic heterocycles. The largest absolute Gasteiger partial charge is 0.369 e. The third-order valence-electron chi connectivity index (χ3n) is 4.13. The van der Waals surface area contributed by atoms with Gasteiger partial charge < -0.3 is 16.0 Å². The summed E-state index contributed by atoms with van der Waals surface area (Å²) in [5.74, 6) is -0.207. The summed E-state index contributed by atoms with van der Waals surface area (Å²) < 4.78 is 24.6. The van der Waals surface area contributed by atoms with Crippen molar-refractivity contribution < 1.29 is 13.2 Å².